The summed E-state index contributed by atoms with van der Waals surface area (Å²) in [5.74, 6) is 0.530. The molecule has 0 spiro atoms. The number of nitrogens with zero attached hydrogens (tertiary/aromatic N) is 3. The Labute approximate surface area is 223 Å². The third-order valence-electron chi connectivity index (χ3n) is 7.19. The molecule has 1 atom stereocenters. The van der Waals surface area contributed by atoms with Crippen molar-refractivity contribution in [2.45, 2.75) is 46.1 Å². The van der Waals surface area contributed by atoms with E-state index < -0.39 is 0 Å². The van der Waals surface area contributed by atoms with Gasteiger partial charge in [-0.1, -0.05) is 75.4 Å². The fourth-order valence-electron chi connectivity index (χ4n) is 5.17. The monoisotopic (exact) mass is 503 g/mol. The van der Waals surface area contributed by atoms with Crippen molar-refractivity contribution in [3.63, 3.8) is 0 Å². The highest BCUT2D eigenvalue weighted by molar-refractivity contribution is 5.98. The van der Waals surface area contributed by atoms with Gasteiger partial charge < -0.3 is 4.90 Å². The number of benzene rings is 4. The molecule has 1 heterocycles. The van der Waals surface area contributed by atoms with Crippen LogP contribution >= 0.6 is 0 Å². The smallest absolute Gasteiger partial charge is 0.266 e. The molecule has 192 valence electrons. The Hall–Kier alpha value is -4.25. The van der Waals surface area contributed by atoms with Crippen LogP contribution in [0.4, 0.5) is 0 Å². The Balaban J connectivity index is 1.68. The molecule has 0 saturated heterocycles. The number of aryl methyl sites for hydroxylation is 1. The molecule has 38 heavy (non-hydrogen) atoms. The molecule has 5 nitrogen and oxygen atoms in total. The first-order chi connectivity index (χ1) is 18.5. The fraction of sp³-hybridized carbons (Fsp3) is 0.242. The van der Waals surface area contributed by atoms with Gasteiger partial charge in [0.1, 0.15) is 5.82 Å². The van der Waals surface area contributed by atoms with Crippen LogP contribution in [-0.4, -0.2) is 26.9 Å². The molecule has 0 aliphatic heterocycles. The number of rotatable bonds is 8. The fourth-order valence-corrected chi connectivity index (χ4v) is 5.17. The van der Waals surface area contributed by atoms with Crippen LogP contribution in [0.3, 0.4) is 0 Å². The largest absolute Gasteiger partial charge is 0.328 e. The van der Waals surface area contributed by atoms with Gasteiger partial charge in [-0.3, -0.25) is 14.2 Å². The summed E-state index contributed by atoms with van der Waals surface area (Å²) < 4.78 is 1.70. The van der Waals surface area contributed by atoms with Crippen molar-refractivity contribution < 1.29 is 4.79 Å². The zero-order valence-corrected chi connectivity index (χ0v) is 22.2. The normalized spacial score (nSPS) is 12.1. The van der Waals surface area contributed by atoms with E-state index in [2.05, 4.69) is 13.8 Å². The van der Waals surface area contributed by atoms with Gasteiger partial charge in [-0.25, -0.2) is 4.98 Å². The van der Waals surface area contributed by atoms with E-state index in [0.29, 0.717) is 35.3 Å². The highest BCUT2D eigenvalue weighted by Crippen LogP contribution is 2.28. The van der Waals surface area contributed by atoms with Crippen LogP contribution in [0.1, 0.15) is 61.4 Å². The van der Waals surface area contributed by atoms with Crippen molar-refractivity contribution in [2.24, 2.45) is 0 Å². The molecular weight excluding hydrogens is 470 g/mol. The maximum absolute atomic E-state index is 14.0. The number of carbonyl (C=O) groups excluding carboxylic acids is 1. The molecule has 0 aliphatic rings. The molecule has 0 fully saturated rings. The van der Waals surface area contributed by atoms with Crippen LogP contribution in [0.5, 0.6) is 0 Å². The molecule has 5 aromatic rings. The van der Waals surface area contributed by atoms with Crippen molar-refractivity contribution >= 4 is 27.6 Å². The maximum atomic E-state index is 14.0. The van der Waals surface area contributed by atoms with E-state index >= 15 is 0 Å². The molecule has 0 radical (unpaired) electrons. The van der Waals surface area contributed by atoms with Gasteiger partial charge in [-0.2, -0.15) is 0 Å². The van der Waals surface area contributed by atoms with Gasteiger partial charge >= 0.3 is 0 Å². The lowest BCUT2D eigenvalue weighted by atomic mass is 10.0. The number of amides is 1. The first kappa shape index (κ1) is 25.4. The second-order valence-electron chi connectivity index (χ2n) is 9.63. The van der Waals surface area contributed by atoms with Crippen LogP contribution in [0, 0.1) is 0 Å². The Bertz CT molecular complexity index is 1650. The first-order valence-corrected chi connectivity index (χ1v) is 13.5. The van der Waals surface area contributed by atoms with Gasteiger partial charge in [0, 0.05) is 12.1 Å². The molecule has 0 N–H and O–H groups in total. The number of hydrogen-bond donors (Lipinski definition) is 0. The summed E-state index contributed by atoms with van der Waals surface area (Å²) >= 11 is 0. The lowest BCUT2D eigenvalue weighted by Gasteiger charge is -2.32. The third-order valence-corrected chi connectivity index (χ3v) is 7.19. The highest BCUT2D eigenvalue weighted by atomic mass is 16.2. The summed E-state index contributed by atoms with van der Waals surface area (Å²) in [4.78, 5) is 34.9. The van der Waals surface area contributed by atoms with Gasteiger partial charge in [0.15, 0.2) is 0 Å². The van der Waals surface area contributed by atoms with E-state index in [1.807, 2.05) is 103 Å². The molecular formula is C33H33N3O2. The van der Waals surface area contributed by atoms with Crippen LogP contribution in [0.25, 0.3) is 27.4 Å². The van der Waals surface area contributed by atoms with E-state index in [9.17, 15) is 9.59 Å². The Morgan fingerprint density at radius 2 is 1.58 bits per heavy atom. The summed E-state index contributed by atoms with van der Waals surface area (Å²) in [5, 5.41) is 2.69. The molecule has 5 heteroatoms. The number of hydrogen-bond acceptors (Lipinski definition) is 3. The van der Waals surface area contributed by atoms with Gasteiger partial charge in [-0.05, 0) is 72.0 Å². The minimum absolute atomic E-state index is 0.0558. The quantitative estimate of drug-likeness (QED) is 0.227. The van der Waals surface area contributed by atoms with Gasteiger partial charge in [0.25, 0.3) is 11.5 Å². The molecule has 1 unspecified atom stereocenters. The second-order valence-corrected chi connectivity index (χ2v) is 9.63. The summed E-state index contributed by atoms with van der Waals surface area (Å²) in [7, 11) is 0. The van der Waals surface area contributed by atoms with Crippen molar-refractivity contribution in [2.75, 3.05) is 6.54 Å². The van der Waals surface area contributed by atoms with Crippen molar-refractivity contribution in [1.29, 1.82) is 0 Å². The summed E-state index contributed by atoms with van der Waals surface area (Å²) in [6.45, 7) is 6.78. The van der Waals surface area contributed by atoms with Crippen LogP contribution in [-0.2, 0) is 6.42 Å². The molecule has 1 amide bonds. The van der Waals surface area contributed by atoms with E-state index in [4.69, 9.17) is 4.98 Å². The lowest BCUT2D eigenvalue weighted by molar-refractivity contribution is 0.0659. The van der Waals surface area contributed by atoms with Gasteiger partial charge in [0.05, 0.1) is 22.6 Å². The van der Waals surface area contributed by atoms with Crippen LogP contribution in [0.15, 0.2) is 95.8 Å². The summed E-state index contributed by atoms with van der Waals surface area (Å²) in [6.07, 6.45) is 2.33. The summed E-state index contributed by atoms with van der Waals surface area (Å²) in [5.41, 5.74) is 3.11. The topological polar surface area (TPSA) is 55.2 Å². The van der Waals surface area contributed by atoms with E-state index in [0.717, 1.165) is 29.3 Å². The third kappa shape index (κ3) is 4.72. The molecule has 0 saturated carbocycles. The zero-order valence-electron chi connectivity index (χ0n) is 22.2. The lowest BCUT2D eigenvalue weighted by Crippen LogP contribution is -2.39. The van der Waals surface area contributed by atoms with E-state index in [-0.39, 0.29) is 17.5 Å². The Morgan fingerprint density at radius 1 is 0.868 bits per heavy atom. The SMILES string of the molecule is CCCN(C(=O)c1ccc2ccccc2c1)C(CC)c1nc2ccccc2c(=O)n1-c1ccc(CC)cc1. The number of carbonyl (C=O) groups is 1. The van der Waals surface area contributed by atoms with E-state index in [1.54, 1.807) is 4.57 Å². The standard InChI is InChI=1S/C33H33N3O2/c1-4-21-35(32(37)26-18-17-24-11-7-8-12-25(24)22-26)30(6-3)31-34-29-14-10-9-13-28(29)33(38)36(31)27-19-15-23(5-2)16-20-27/h7-20,22,30H,4-6,21H2,1-3H3. The Kier molecular flexibility index (Phi) is 7.36. The molecule has 0 bridgehead atoms. The van der Waals surface area contributed by atoms with Gasteiger partial charge in [0.2, 0.25) is 0 Å². The predicted octanol–water partition coefficient (Wildman–Crippen LogP) is 7.10. The molecule has 0 aliphatic carbocycles. The second kappa shape index (κ2) is 11.0. The minimum Gasteiger partial charge on any atom is -0.328 e. The van der Waals surface area contributed by atoms with Crippen LogP contribution < -0.4 is 5.56 Å². The van der Waals surface area contributed by atoms with Crippen molar-refractivity contribution in [3.8, 4) is 5.69 Å². The van der Waals surface area contributed by atoms with Crippen molar-refractivity contribution in [1.82, 2.24) is 14.5 Å². The first-order valence-electron chi connectivity index (χ1n) is 13.5. The number of fused-ring (bicyclic) bond motifs is 2. The molecule has 4 aromatic carbocycles. The highest BCUT2D eigenvalue weighted by Gasteiger charge is 2.29. The average Bonchev–Trinajstić information content (AvgIpc) is 2.97. The molecule has 5 rings (SSSR count). The molecule has 1 aromatic heterocycles. The number of aromatic nitrogens is 2. The average molecular weight is 504 g/mol. The Morgan fingerprint density at radius 3 is 2.29 bits per heavy atom. The zero-order chi connectivity index (χ0) is 26.6. The minimum atomic E-state index is -0.378. The predicted molar refractivity (Wildman–Crippen MR) is 155 cm³/mol. The number of para-hydroxylation sites is 1. The summed E-state index contributed by atoms with van der Waals surface area (Å²) in [6, 6.07) is 29.0. The van der Waals surface area contributed by atoms with Gasteiger partial charge in [-0.15, -0.1) is 0 Å². The van der Waals surface area contributed by atoms with E-state index in [1.165, 1.54) is 5.56 Å². The maximum Gasteiger partial charge on any atom is 0.266 e. The van der Waals surface area contributed by atoms with Crippen LogP contribution in [0.2, 0.25) is 0 Å². The van der Waals surface area contributed by atoms with Crippen molar-refractivity contribution in [3.05, 3.63) is 118 Å².